The van der Waals surface area contributed by atoms with E-state index in [2.05, 4.69) is 51.3 Å². The van der Waals surface area contributed by atoms with Gasteiger partial charge < -0.3 is 10.6 Å². The van der Waals surface area contributed by atoms with Crippen LogP contribution in [0.4, 0.5) is 0 Å². The van der Waals surface area contributed by atoms with Crippen molar-refractivity contribution in [1.82, 2.24) is 15.6 Å². The lowest BCUT2D eigenvalue weighted by molar-refractivity contribution is 0.790. The number of aromatic nitrogens is 1. The van der Waals surface area contributed by atoms with E-state index >= 15 is 0 Å². The molecule has 2 heterocycles. The molecule has 2 N–H and O–H groups in total. The van der Waals surface area contributed by atoms with Crippen LogP contribution in [0.2, 0.25) is 0 Å². The van der Waals surface area contributed by atoms with Gasteiger partial charge in [-0.3, -0.25) is 4.99 Å². The van der Waals surface area contributed by atoms with E-state index in [-0.39, 0.29) is 24.0 Å². The molecule has 122 valence electrons. The third-order valence-electron chi connectivity index (χ3n) is 3.17. The van der Waals surface area contributed by atoms with Crippen LogP contribution in [0.15, 0.2) is 21.8 Å². The van der Waals surface area contributed by atoms with Crippen molar-refractivity contribution in [3.05, 3.63) is 38.0 Å². The number of rotatable bonds is 6. The molecule has 22 heavy (non-hydrogen) atoms. The summed E-state index contributed by atoms with van der Waals surface area (Å²) in [6.45, 7) is 5.95. The molecule has 0 aromatic carbocycles. The zero-order chi connectivity index (χ0) is 15.1. The summed E-state index contributed by atoms with van der Waals surface area (Å²) in [6, 6.07) is 2.12. The number of guanidine groups is 1. The van der Waals surface area contributed by atoms with Gasteiger partial charge in [0.2, 0.25) is 0 Å². The Hall–Kier alpha value is -0.670. The van der Waals surface area contributed by atoms with Crippen molar-refractivity contribution in [2.45, 2.75) is 33.2 Å². The monoisotopic (exact) mass is 450 g/mol. The van der Waals surface area contributed by atoms with E-state index in [1.807, 2.05) is 0 Å². The van der Waals surface area contributed by atoms with Crippen LogP contribution in [0.5, 0.6) is 0 Å². The Morgan fingerprint density at radius 1 is 1.36 bits per heavy atom. The zero-order valence-corrected chi connectivity index (χ0v) is 17.1. The molecule has 2 rings (SSSR count). The maximum absolute atomic E-state index is 4.66. The Bertz CT molecular complexity index is 578. The summed E-state index contributed by atoms with van der Waals surface area (Å²) < 4.78 is 0. The van der Waals surface area contributed by atoms with Gasteiger partial charge in [0.15, 0.2) is 5.96 Å². The molecule has 7 heteroatoms. The van der Waals surface area contributed by atoms with Crippen LogP contribution in [-0.4, -0.2) is 24.5 Å². The van der Waals surface area contributed by atoms with Gasteiger partial charge in [-0.15, -0.1) is 35.3 Å². The number of aryl methyl sites for hydroxylation is 2. The van der Waals surface area contributed by atoms with Gasteiger partial charge >= 0.3 is 0 Å². The Kier molecular flexibility index (Phi) is 8.96. The topological polar surface area (TPSA) is 49.3 Å². The third kappa shape index (κ3) is 5.85. The highest BCUT2D eigenvalue weighted by Crippen LogP contribution is 2.17. The number of thiophene rings is 1. The molecule has 0 aliphatic carbocycles. The van der Waals surface area contributed by atoms with E-state index in [0.29, 0.717) is 0 Å². The number of halogens is 1. The van der Waals surface area contributed by atoms with Crippen molar-refractivity contribution in [2.24, 2.45) is 4.99 Å². The fourth-order valence-corrected chi connectivity index (χ4v) is 3.70. The van der Waals surface area contributed by atoms with Gasteiger partial charge in [0.1, 0.15) is 0 Å². The van der Waals surface area contributed by atoms with Crippen LogP contribution in [-0.2, 0) is 19.4 Å². The van der Waals surface area contributed by atoms with E-state index in [1.54, 1.807) is 29.7 Å². The molecule has 0 atom stereocenters. The van der Waals surface area contributed by atoms with Crippen LogP contribution >= 0.6 is 46.7 Å². The number of thiazole rings is 1. The molecule has 0 aliphatic rings. The minimum Gasteiger partial charge on any atom is -0.356 e. The molecule has 2 aromatic rings. The Morgan fingerprint density at radius 3 is 2.77 bits per heavy atom. The highest BCUT2D eigenvalue weighted by molar-refractivity contribution is 14.0. The third-order valence-corrected chi connectivity index (χ3v) is 4.97. The summed E-state index contributed by atoms with van der Waals surface area (Å²) in [6.07, 6.45) is 1.95. The number of hydrogen-bond donors (Lipinski definition) is 2. The SMILES string of the molecule is CCc1nc(CCNC(=NC)NCc2ccsc2)sc1C.I. The van der Waals surface area contributed by atoms with Gasteiger partial charge in [-0.25, -0.2) is 4.98 Å². The smallest absolute Gasteiger partial charge is 0.191 e. The molecular weight excluding hydrogens is 427 g/mol. The van der Waals surface area contributed by atoms with Crippen LogP contribution in [0, 0.1) is 6.92 Å². The molecule has 4 nitrogen and oxygen atoms in total. The molecule has 2 aromatic heterocycles. The van der Waals surface area contributed by atoms with E-state index in [1.165, 1.54) is 21.1 Å². The summed E-state index contributed by atoms with van der Waals surface area (Å²) >= 11 is 3.51. The van der Waals surface area contributed by atoms with E-state index in [9.17, 15) is 0 Å². The lowest BCUT2D eigenvalue weighted by Gasteiger charge is -2.10. The van der Waals surface area contributed by atoms with Crippen molar-refractivity contribution in [2.75, 3.05) is 13.6 Å². The predicted octanol–water partition coefficient (Wildman–Crippen LogP) is 3.60. The minimum absolute atomic E-state index is 0. The number of nitrogens with one attached hydrogen (secondary N) is 2. The largest absolute Gasteiger partial charge is 0.356 e. The summed E-state index contributed by atoms with van der Waals surface area (Å²) in [5.41, 5.74) is 2.51. The molecule has 0 aliphatic heterocycles. The van der Waals surface area contributed by atoms with Gasteiger partial charge in [-0.1, -0.05) is 6.92 Å². The first-order valence-electron chi connectivity index (χ1n) is 7.13. The summed E-state index contributed by atoms with van der Waals surface area (Å²) in [4.78, 5) is 10.2. The normalized spacial score (nSPS) is 11.1. The Balaban J connectivity index is 0.00000242. The van der Waals surface area contributed by atoms with Crippen molar-refractivity contribution in [1.29, 1.82) is 0 Å². The molecule has 0 spiro atoms. The highest BCUT2D eigenvalue weighted by atomic mass is 127. The highest BCUT2D eigenvalue weighted by Gasteiger charge is 2.06. The van der Waals surface area contributed by atoms with Gasteiger partial charge in [0.25, 0.3) is 0 Å². The standard InChI is InChI=1S/C15H22N4S2.HI/c1-4-13-11(2)21-14(19-13)5-7-17-15(16-3)18-9-12-6-8-20-10-12;/h6,8,10H,4-5,7,9H2,1-3H3,(H2,16,17,18);1H. The van der Waals surface area contributed by atoms with Crippen LogP contribution in [0.25, 0.3) is 0 Å². The Labute approximate surface area is 157 Å². The fourth-order valence-electron chi connectivity index (χ4n) is 2.01. The Morgan fingerprint density at radius 2 is 2.18 bits per heavy atom. The molecule has 0 saturated heterocycles. The summed E-state index contributed by atoms with van der Waals surface area (Å²) in [7, 11) is 1.80. The first-order chi connectivity index (χ1) is 10.2. The van der Waals surface area contributed by atoms with Crippen molar-refractivity contribution in [3.63, 3.8) is 0 Å². The maximum atomic E-state index is 4.66. The van der Waals surface area contributed by atoms with Crippen molar-refractivity contribution >= 4 is 52.6 Å². The van der Waals surface area contributed by atoms with Crippen molar-refractivity contribution in [3.8, 4) is 0 Å². The van der Waals surface area contributed by atoms with Gasteiger partial charge in [-0.05, 0) is 35.7 Å². The van der Waals surface area contributed by atoms with E-state index < -0.39 is 0 Å². The van der Waals surface area contributed by atoms with Crippen LogP contribution in [0.3, 0.4) is 0 Å². The summed E-state index contributed by atoms with van der Waals surface area (Å²) in [5.74, 6) is 0.838. The zero-order valence-electron chi connectivity index (χ0n) is 13.2. The average Bonchev–Trinajstić information content (AvgIpc) is 3.12. The van der Waals surface area contributed by atoms with Gasteiger partial charge in [0, 0.05) is 31.4 Å². The molecule has 0 unspecified atom stereocenters. The molecule has 0 radical (unpaired) electrons. The fraction of sp³-hybridized carbons (Fsp3) is 0.467. The first kappa shape index (κ1) is 19.4. The lowest BCUT2D eigenvalue weighted by Crippen LogP contribution is -2.37. The second-order valence-corrected chi connectivity index (χ2v) is 6.77. The van der Waals surface area contributed by atoms with Crippen LogP contribution < -0.4 is 10.6 Å². The van der Waals surface area contributed by atoms with Gasteiger partial charge in [-0.2, -0.15) is 11.3 Å². The van der Waals surface area contributed by atoms with E-state index in [0.717, 1.165) is 31.9 Å². The number of nitrogens with zero attached hydrogens (tertiary/aromatic N) is 2. The quantitative estimate of drug-likeness (QED) is 0.402. The second-order valence-electron chi connectivity index (χ2n) is 4.70. The van der Waals surface area contributed by atoms with E-state index in [4.69, 9.17) is 0 Å². The average molecular weight is 450 g/mol. The molecule has 0 bridgehead atoms. The van der Waals surface area contributed by atoms with Crippen LogP contribution in [0.1, 0.15) is 28.1 Å². The number of aliphatic imine (C=N–C) groups is 1. The van der Waals surface area contributed by atoms with Gasteiger partial charge in [0.05, 0.1) is 10.7 Å². The minimum atomic E-state index is 0. The molecule has 0 saturated carbocycles. The first-order valence-corrected chi connectivity index (χ1v) is 8.89. The summed E-state index contributed by atoms with van der Waals surface area (Å²) in [5, 5.41) is 12.1. The molecular formula is C15H23IN4S2. The second kappa shape index (κ2) is 10.2. The predicted molar refractivity (Wildman–Crippen MR) is 108 cm³/mol. The van der Waals surface area contributed by atoms with Crippen molar-refractivity contribution < 1.29 is 0 Å². The molecule has 0 fully saturated rings. The molecule has 0 amide bonds. The lowest BCUT2D eigenvalue weighted by atomic mass is 10.3. The maximum Gasteiger partial charge on any atom is 0.191 e. The number of hydrogen-bond acceptors (Lipinski definition) is 4.